The molecule has 2 rings (SSSR count). The standard InChI is InChI=1S/C12H11ClN4O3S/c1-14-12(18)8-2-4-9(5-3-8)21(19,20)17-11-7-6-10(13)15-16-11/h2-7H,1H3,(H,14,18)(H,16,17). The summed E-state index contributed by atoms with van der Waals surface area (Å²) in [5.74, 6) is -0.245. The molecule has 0 aliphatic heterocycles. The lowest BCUT2D eigenvalue weighted by Crippen LogP contribution is -2.18. The van der Waals surface area contributed by atoms with Gasteiger partial charge in [-0.2, -0.15) is 0 Å². The van der Waals surface area contributed by atoms with Gasteiger partial charge in [0.25, 0.3) is 15.9 Å². The summed E-state index contributed by atoms with van der Waals surface area (Å²) in [5, 5.41) is 9.76. The Balaban J connectivity index is 2.23. The van der Waals surface area contributed by atoms with Crippen LogP contribution >= 0.6 is 11.6 Å². The van der Waals surface area contributed by atoms with Crippen molar-refractivity contribution in [2.24, 2.45) is 0 Å². The molecule has 21 heavy (non-hydrogen) atoms. The van der Waals surface area contributed by atoms with E-state index in [2.05, 4.69) is 20.2 Å². The van der Waals surface area contributed by atoms with Gasteiger partial charge in [0.1, 0.15) is 0 Å². The monoisotopic (exact) mass is 326 g/mol. The first-order valence-corrected chi connectivity index (χ1v) is 7.63. The first-order chi connectivity index (χ1) is 9.92. The van der Waals surface area contributed by atoms with Crippen molar-refractivity contribution < 1.29 is 13.2 Å². The summed E-state index contributed by atoms with van der Waals surface area (Å²) in [6, 6.07) is 8.31. The smallest absolute Gasteiger partial charge is 0.263 e. The predicted molar refractivity (Wildman–Crippen MR) is 77.7 cm³/mol. The Morgan fingerprint density at radius 2 is 1.76 bits per heavy atom. The van der Waals surface area contributed by atoms with E-state index in [0.717, 1.165) is 0 Å². The summed E-state index contributed by atoms with van der Waals surface area (Å²) >= 11 is 5.57. The van der Waals surface area contributed by atoms with Gasteiger partial charge in [-0.25, -0.2) is 8.42 Å². The Labute approximate surface area is 126 Å². The molecular weight excluding hydrogens is 316 g/mol. The maximum Gasteiger partial charge on any atom is 0.263 e. The van der Waals surface area contributed by atoms with Gasteiger partial charge in [-0.1, -0.05) is 11.6 Å². The molecule has 0 saturated carbocycles. The predicted octanol–water partition coefficient (Wildman–Crippen LogP) is 1.29. The van der Waals surface area contributed by atoms with Gasteiger partial charge in [0.15, 0.2) is 11.0 Å². The van der Waals surface area contributed by atoms with Gasteiger partial charge in [-0.05, 0) is 36.4 Å². The number of carbonyl (C=O) groups excluding carboxylic acids is 1. The number of rotatable bonds is 4. The third-order valence-corrected chi connectivity index (χ3v) is 4.10. The molecule has 0 saturated heterocycles. The van der Waals surface area contributed by atoms with Gasteiger partial charge in [-0.15, -0.1) is 10.2 Å². The number of benzene rings is 1. The maximum absolute atomic E-state index is 12.1. The van der Waals surface area contributed by atoms with Crippen LogP contribution < -0.4 is 10.0 Å². The number of aromatic nitrogens is 2. The molecule has 2 aromatic rings. The molecule has 0 bridgehead atoms. The van der Waals surface area contributed by atoms with Gasteiger partial charge >= 0.3 is 0 Å². The minimum Gasteiger partial charge on any atom is -0.355 e. The number of halogens is 1. The molecule has 0 unspecified atom stereocenters. The van der Waals surface area contributed by atoms with Crippen LogP contribution in [-0.2, 0) is 10.0 Å². The van der Waals surface area contributed by atoms with Crippen molar-refractivity contribution in [2.75, 3.05) is 11.8 Å². The lowest BCUT2D eigenvalue weighted by atomic mass is 10.2. The van der Waals surface area contributed by atoms with Crippen molar-refractivity contribution >= 4 is 33.3 Å². The minimum absolute atomic E-state index is 0.00639. The van der Waals surface area contributed by atoms with Gasteiger partial charge in [0, 0.05) is 12.6 Å². The van der Waals surface area contributed by atoms with Crippen LogP contribution in [0, 0.1) is 0 Å². The summed E-state index contributed by atoms with van der Waals surface area (Å²) in [5.41, 5.74) is 0.364. The van der Waals surface area contributed by atoms with Gasteiger partial charge in [0.05, 0.1) is 4.90 Å². The van der Waals surface area contributed by atoms with E-state index in [-0.39, 0.29) is 21.8 Å². The third-order valence-electron chi connectivity index (χ3n) is 2.52. The van der Waals surface area contributed by atoms with Crippen LogP contribution in [-0.4, -0.2) is 31.6 Å². The number of amides is 1. The zero-order valence-electron chi connectivity index (χ0n) is 10.9. The van der Waals surface area contributed by atoms with Crippen LogP contribution in [0.4, 0.5) is 5.82 Å². The largest absolute Gasteiger partial charge is 0.355 e. The normalized spacial score (nSPS) is 11.0. The van der Waals surface area contributed by atoms with Crippen LogP contribution in [0.25, 0.3) is 0 Å². The van der Waals surface area contributed by atoms with Gasteiger partial charge < -0.3 is 5.32 Å². The molecule has 7 nitrogen and oxygen atoms in total. The molecule has 1 aromatic carbocycles. The van der Waals surface area contributed by atoms with Crippen LogP contribution in [0.15, 0.2) is 41.3 Å². The molecular formula is C12H11ClN4O3S. The Kier molecular flexibility index (Phi) is 4.39. The number of nitrogens with one attached hydrogen (secondary N) is 2. The van der Waals surface area contributed by atoms with E-state index in [4.69, 9.17) is 11.6 Å². The topological polar surface area (TPSA) is 101 Å². The Hall–Kier alpha value is -2.19. The quantitative estimate of drug-likeness (QED) is 0.881. The average molecular weight is 327 g/mol. The van der Waals surface area contributed by atoms with E-state index in [1.54, 1.807) is 0 Å². The van der Waals surface area contributed by atoms with Crippen molar-refractivity contribution in [1.82, 2.24) is 15.5 Å². The van der Waals surface area contributed by atoms with Crippen molar-refractivity contribution in [3.8, 4) is 0 Å². The van der Waals surface area contributed by atoms with E-state index in [9.17, 15) is 13.2 Å². The summed E-state index contributed by atoms with van der Waals surface area (Å²) in [6.45, 7) is 0. The number of anilines is 1. The summed E-state index contributed by atoms with van der Waals surface area (Å²) < 4.78 is 26.5. The van der Waals surface area contributed by atoms with Crippen LogP contribution in [0.5, 0.6) is 0 Å². The van der Waals surface area contributed by atoms with Crippen LogP contribution in [0.3, 0.4) is 0 Å². The van der Waals surface area contributed by atoms with Crippen molar-refractivity contribution in [1.29, 1.82) is 0 Å². The molecule has 0 aliphatic rings. The molecule has 2 N–H and O–H groups in total. The summed E-state index contributed by atoms with van der Waals surface area (Å²) in [4.78, 5) is 11.4. The maximum atomic E-state index is 12.1. The van der Waals surface area contributed by atoms with E-state index in [0.29, 0.717) is 5.56 Å². The molecule has 9 heteroatoms. The second-order valence-corrected chi connectivity index (χ2v) is 6.02. The average Bonchev–Trinajstić information content (AvgIpc) is 2.49. The molecule has 1 aromatic heterocycles. The molecule has 110 valence electrons. The second kappa shape index (κ2) is 6.06. The lowest BCUT2D eigenvalue weighted by Gasteiger charge is -2.07. The van der Waals surface area contributed by atoms with Crippen LogP contribution in [0.1, 0.15) is 10.4 Å². The fraction of sp³-hybridized carbons (Fsp3) is 0.0833. The molecule has 0 radical (unpaired) electrons. The number of hydrogen-bond acceptors (Lipinski definition) is 5. The van der Waals surface area contributed by atoms with Crippen LogP contribution in [0.2, 0.25) is 5.15 Å². The Bertz CT molecular complexity index is 745. The zero-order valence-corrected chi connectivity index (χ0v) is 12.4. The highest BCUT2D eigenvalue weighted by molar-refractivity contribution is 7.92. The Morgan fingerprint density at radius 1 is 1.10 bits per heavy atom. The van der Waals surface area contributed by atoms with E-state index < -0.39 is 10.0 Å². The highest BCUT2D eigenvalue weighted by Gasteiger charge is 2.15. The van der Waals surface area contributed by atoms with Crippen molar-refractivity contribution in [3.05, 3.63) is 47.1 Å². The highest BCUT2D eigenvalue weighted by atomic mass is 35.5. The molecule has 0 atom stereocenters. The lowest BCUT2D eigenvalue weighted by molar-refractivity contribution is 0.0963. The third kappa shape index (κ3) is 3.67. The first kappa shape index (κ1) is 15.2. The molecule has 0 fully saturated rings. The van der Waals surface area contributed by atoms with Crippen molar-refractivity contribution in [3.63, 3.8) is 0 Å². The summed E-state index contributed by atoms with van der Waals surface area (Å²) in [6.07, 6.45) is 0. The number of carbonyl (C=O) groups is 1. The van der Waals surface area contributed by atoms with Gasteiger partial charge in [-0.3, -0.25) is 9.52 Å². The van der Waals surface area contributed by atoms with Crippen molar-refractivity contribution in [2.45, 2.75) is 4.90 Å². The minimum atomic E-state index is -3.80. The zero-order chi connectivity index (χ0) is 15.5. The van der Waals surface area contributed by atoms with Gasteiger partial charge in [0.2, 0.25) is 0 Å². The number of nitrogens with zero attached hydrogens (tertiary/aromatic N) is 2. The fourth-order valence-corrected chi connectivity index (χ4v) is 2.59. The Morgan fingerprint density at radius 3 is 2.29 bits per heavy atom. The molecule has 1 heterocycles. The fourth-order valence-electron chi connectivity index (χ4n) is 1.50. The summed E-state index contributed by atoms with van der Waals surface area (Å²) in [7, 11) is -2.31. The highest BCUT2D eigenvalue weighted by Crippen LogP contribution is 2.15. The first-order valence-electron chi connectivity index (χ1n) is 5.76. The molecule has 1 amide bonds. The number of sulfonamides is 1. The molecule has 0 aliphatic carbocycles. The van der Waals surface area contributed by atoms with E-state index in [1.165, 1.54) is 43.4 Å². The number of hydrogen-bond donors (Lipinski definition) is 2. The molecule has 0 spiro atoms. The van der Waals surface area contributed by atoms with E-state index >= 15 is 0 Å². The second-order valence-electron chi connectivity index (χ2n) is 3.95. The SMILES string of the molecule is CNC(=O)c1ccc(S(=O)(=O)Nc2ccc(Cl)nn2)cc1. The van der Waals surface area contributed by atoms with E-state index in [1.807, 2.05) is 0 Å².